The Bertz CT molecular complexity index is 456. The molecule has 1 N–H and O–H groups in total. The number of carbonyl (C=O) groups is 1. The monoisotopic (exact) mass is 292 g/mol. The van der Waals surface area contributed by atoms with Gasteiger partial charge in [0.1, 0.15) is 5.75 Å². The van der Waals surface area contributed by atoms with Crippen LogP contribution in [0.1, 0.15) is 58.9 Å². The van der Waals surface area contributed by atoms with E-state index in [2.05, 4.69) is 27.7 Å². The van der Waals surface area contributed by atoms with Gasteiger partial charge in [-0.05, 0) is 47.8 Å². The fourth-order valence-electron chi connectivity index (χ4n) is 3.09. The molecular formula is C18H28O3. The smallest absolute Gasteiger partial charge is 0.305 e. The number of hydrogen-bond acceptors (Lipinski definition) is 3. The van der Waals surface area contributed by atoms with Crippen LogP contribution in [0.25, 0.3) is 0 Å². The number of hydrogen-bond donors (Lipinski definition) is 1. The minimum Gasteiger partial charge on any atom is -0.508 e. The average Bonchev–Trinajstić information content (AvgIpc) is 2.37. The molecule has 0 aromatic heterocycles. The van der Waals surface area contributed by atoms with Crippen molar-refractivity contribution in [2.75, 3.05) is 7.11 Å². The van der Waals surface area contributed by atoms with E-state index in [1.54, 1.807) is 12.1 Å². The maximum Gasteiger partial charge on any atom is 0.305 e. The van der Waals surface area contributed by atoms with E-state index in [0.717, 1.165) is 19.3 Å². The standard InChI is InChI=1S/C18H28O3/c1-17(2,3)13-18(4,12-6-7-16(20)21-5)14-8-10-15(19)11-9-14/h8-11,19H,6-7,12-13H2,1-5H3. The molecule has 1 aromatic rings. The van der Waals surface area contributed by atoms with Gasteiger partial charge in [0.05, 0.1) is 7.11 Å². The maximum atomic E-state index is 11.3. The van der Waals surface area contributed by atoms with Crippen molar-refractivity contribution >= 4 is 5.97 Å². The summed E-state index contributed by atoms with van der Waals surface area (Å²) in [7, 11) is 1.43. The molecule has 3 nitrogen and oxygen atoms in total. The van der Waals surface area contributed by atoms with Crippen molar-refractivity contribution in [3.05, 3.63) is 29.8 Å². The van der Waals surface area contributed by atoms with E-state index in [0.29, 0.717) is 6.42 Å². The van der Waals surface area contributed by atoms with Gasteiger partial charge in [-0.3, -0.25) is 4.79 Å². The second kappa shape index (κ2) is 6.97. The van der Waals surface area contributed by atoms with E-state index in [1.165, 1.54) is 12.7 Å². The van der Waals surface area contributed by atoms with Crippen molar-refractivity contribution in [1.82, 2.24) is 0 Å². The van der Waals surface area contributed by atoms with E-state index < -0.39 is 0 Å². The Kier molecular flexibility index (Phi) is 5.82. The summed E-state index contributed by atoms with van der Waals surface area (Å²) < 4.78 is 4.72. The Balaban J connectivity index is 2.89. The third-order valence-corrected chi connectivity index (χ3v) is 3.82. The van der Waals surface area contributed by atoms with Crippen LogP contribution in [0.2, 0.25) is 0 Å². The highest BCUT2D eigenvalue weighted by molar-refractivity contribution is 5.69. The Morgan fingerprint density at radius 2 is 1.71 bits per heavy atom. The van der Waals surface area contributed by atoms with Crippen LogP contribution >= 0.6 is 0 Å². The molecule has 0 spiro atoms. The molecule has 0 saturated carbocycles. The Labute approximate surface area is 128 Å². The molecule has 3 heteroatoms. The average molecular weight is 292 g/mol. The first-order valence-electron chi connectivity index (χ1n) is 7.53. The summed E-state index contributed by atoms with van der Waals surface area (Å²) >= 11 is 0. The number of ether oxygens (including phenoxy) is 1. The van der Waals surface area contributed by atoms with Crippen molar-refractivity contribution in [3.63, 3.8) is 0 Å². The summed E-state index contributed by atoms with van der Waals surface area (Å²) in [5, 5.41) is 9.47. The Hall–Kier alpha value is -1.51. The van der Waals surface area contributed by atoms with Crippen LogP contribution in [0.3, 0.4) is 0 Å². The summed E-state index contributed by atoms with van der Waals surface area (Å²) in [6.07, 6.45) is 3.20. The SMILES string of the molecule is COC(=O)CCCC(C)(CC(C)(C)C)c1ccc(O)cc1. The van der Waals surface area contributed by atoms with Gasteiger partial charge in [0, 0.05) is 6.42 Å². The fraction of sp³-hybridized carbons (Fsp3) is 0.611. The van der Waals surface area contributed by atoms with Crippen LogP contribution in [0.4, 0.5) is 0 Å². The van der Waals surface area contributed by atoms with Crippen LogP contribution in [0.5, 0.6) is 5.75 Å². The first-order chi connectivity index (χ1) is 9.66. The molecule has 118 valence electrons. The summed E-state index contributed by atoms with van der Waals surface area (Å²) in [5.41, 5.74) is 1.39. The second-order valence-electron chi connectivity index (χ2n) is 7.27. The number of carbonyl (C=O) groups excluding carboxylic acids is 1. The van der Waals surface area contributed by atoms with Gasteiger partial charge >= 0.3 is 5.97 Å². The van der Waals surface area contributed by atoms with Gasteiger partial charge < -0.3 is 9.84 Å². The highest BCUT2D eigenvalue weighted by atomic mass is 16.5. The zero-order valence-electron chi connectivity index (χ0n) is 13.9. The van der Waals surface area contributed by atoms with E-state index in [4.69, 9.17) is 4.74 Å². The molecule has 0 saturated heterocycles. The number of benzene rings is 1. The summed E-state index contributed by atoms with van der Waals surface area (Å²) in [6.45, 7) is 8.92. The van der Waals surface area contributed by atoms with Crippen LogP contribution in [0.15, 0.2) is 24.3 Å². The fourth-order valence-corrected chi connectivity index (χ4v) is 3.09. The van der Waals surface area contributed by atoms with E-state index >= 15 is 0 Å². The van der Waals surface area contributed by atoms with Crippen LogP contribution in [0, 0.1) is 5.41 Å². The van der Waals surface area contributed by atoms with E-state index in [-0.39, 0.29) is 22.5 Å². The lowest BCUT2D eigenvalue weighted by Gasteiger charge is -2.36. The molecule has 1 atom stereocenters. The molecule has 0 radical (unpaired) electrons. The lowest BCUT2D eigenvalue weighted by molar-refractivity contribution is -0.140. The van der Waals surface area contributed by atoms with E-state index in [9.17, 15) is 9.90 Å². The summed E-state index contributed by atoms with van der Waals surface area (Å²) in [6, 6.07) is 7.44. The molecule has 0 aliphatic rings. The van der Waals surface area contributed by atoms with Crippen LogP contribution < -0.4 is 0 Å². The molecule has 0 heterocycles. The van der Waals surface area contributed by atoms with Gasteiger partial charge in [0.2, 0.25) is 0 Å². The van der Waals surface area contributed by atoms with Gasteiger partial charge in [-0.15, -0.1) is 0 Å². The second-order valence-corrected chi connectivity index (χ2v) is 7.27. The first kappa shape index (κ1) is 17.5. The third-order valence-electron chi connectivity index (χ3n) is 3.82. The lowest BCUT2D eigenvalue weighted by Crippen LogP contribution is -2.28. The van der Waals surface area contributed by atoms with Crippen LogP contribution in [-0.2, 0) is 14.9 Å². The quantitative estimate of drug-likeness (QED) is 0.789. The number of rotatable bonds is 6. The molecular weight excluding hydrogens is 264 g/mol. The lowest BCUT2D eigenvalue weighted by atomic mass is 9.68. The van der Waals surface area contributed by atoms with Crippen molar-refractivity contribution in [1.29, 1.82) is 0 Å². The Morgan fingerprint density at radius 1 is 1.14 bits per heavy atom. The third kappa shape index (κ3) is 5.78. The summed E-state index contributed by atoms with van der Waals surface area (Å²) in [4.78, 5) is 11.3. The first-order valence-corrected chi connectivity index (χ1v) is 7.53. The highest BCUT2D eigenvalue weighted by Gasteiger charge is 2.31. The van der Waals surface area contributed by atoms with Crippen molar-refractivity contribution in [2.45, 2.75) is 58.8 Å². The number of aromatic hydroxyl groups is 1. The van der Waals surface area contributed by atoms with Gasteiger partial charge in [-0.25, -0.2) is 0 Å². The van der Waals surface area contributed by atoms with Crippen LogP contribution in [-0.4, -0.2) is 18.2 Å². The molecule has 0 amide bonds. The molecule has 0 fully saturated rings. The number of phenolic OH excluding ortho intramolecular Hbond substituents is 1. The van der Waals surface area contributed by atoms with Gasteiger partial charge in [0.25, 0.3) is 0 Å². The predicted molar refractivity (Wildman–Crippen MR) is 85.4 cm³/mol. The van der Waals surface area contributed by atoms with Gasteiger partial charge in [-0.1, -0.05) is 39.8 Å². The molecule has 0 bridgehead atoms. The minimum atomic E-state index is -0.154. The molecule has 21 heavy (non-hydrogen) atoms. The molecule has 1 aromatic carbocycles. The highest BCUT2D eigenvalue weighted by Crippen LogP contribution is 2.40. The number of esters is 1. The zero-order valence-corrected chi connectivity index (χ0v) is 13.9. The van der Waals surface area contributed by atoms with Gasteiger partial charge in [0.15, 0.2) is 0 Å². The zero-order chi connectivity index (χ0) is 16.1. The van der Waals surface area contributed by atoms with Crippen molar-refractivity contribution < 1.29 is 14.6 Å². The molecule has 0 aliphatic heterocycles. The van der Waals surface area contributed by atoms with E-state index in [1.807, 2.05) is 12.1 Å². The predicted octanol–water partition coefficient (Wildman–Crippen LogP) is 4.43. The summed E-state index contributed by atoms with van der Waals surface area (Å²) in [5.74, 6) is 0.130. The number of phenols is 1. The van der Waals surface area contributed by atoms with Gasteiger partial charge in [-0.2, -0.15) is 0 Å². The molecule has 1 unspecified atom stereocenters. The minimum absolute atomic E-state index is 0.0139. The number of methoxy groups -OCH3 is 1. The largest absolute Gasteiger partial charge is 0.508 e. The normalized spacial score (nSPS) is 14.5. The maximum absolute atomic E-state index is 11.3. The van der Waals surface area contributed by atoms with Crippen molar-refractivity contribution in [2.24, 2.45) is 5.41 Å². The molecule has 1 rings (SSSR count). The Morgan fingerprint density at radius 3 is 2.19 bits per heavy atom. The molecule has 0 aliphatic carbocycles. The topological polar surface area (TPSA) is 46.5 Å². The van der Waals surface area contributed by atoms with Crippen molar-refractivity contribution in [3.8, 4) is 5.75 Å².